The van der Waals surface area contributed by atoms with Crippen molar-refractivity contribution in [2.75, 3.05) is 20.3 Å². The molecule has 0 heterocycles. The highest BCUT2D eigenvalue weighted by Gasteiger charge is 2.07. The Morgan fingerprint density at radius 3 is 3.00 bits per heavy atom. The van der Waals surface area contributed by atoms with Crippen molar-refractivity contribution in [3.63, 3.8) is 0 Å². The molecule has 1 amide bonds. The van der Waals surface area contributed by atoms with Gasteiger partial charge in [-0.05, 0) is 25.1 Å². The number of nitrogens with one attached hydrogen (secondary N) is 1. The first-order valence-electron chi connectivity index (χ1n) is 5.57. The van der Waals surface area contributed by atoms with Crippen molar-refractivity contribution < 1.29 is 14.3 Å². The van der Waals surface area contributed by atoms with E-state index < -0.39 is 0 Å². The lowest BCUT2D eigenvalue weighted by Crippen LogP contribution is -2.38. The van der Waals surface area contributed by atoms with Crippen molar-refractivity contribution in [3.05, 3.63) is 29.8 Å². The largest absolute Gasteiger partial charge is 0.484 e. The number of hydrogen-bond acceptors (Lipinski definition) is 4. The van der Waals surface area contributed by atoms with Crippen molar-refractivity contribution in [2.24, 2.45) is 0 Å². The van der Waals surface area contributed by atoms with Crippen LogP contribution in [-0.4, -0.2) is 32.3 Å². The van der Waals surface area contributed by atoms with Crippen molar-refractivity contribution in [1.82, 2.24) is 5.32 Å². The predicted molar refractivity (Wildman–Crippen MR) is 66.1 cm³/mol. The van der Waals surface area contributed by atoms with Gasteiger partial charge in [0.1, 0.15) is 5.75 Å². The summed E-state index contributed by atoms with van der Waals surface area (Å²) in [5.74, 6) is 0.283. The summed E-state index contributed by atoms with van der Waals surface area (Å²) in [6.07, 6.45) is 0. The lowest BCUT2D eigenvalue weighted by molar-refractivity contribution is -0.124. The Labute approximate surface area is 106 Å². The van der Waals surface area contributed by atoms with Crippen molar-refractivity contribution in [2.45, 2.75) is 13.0 Å². The van der Waals surface area contributed by atoms with Crippen LogP contribution in [0.25, 0.3) is 0 Å². The number of methoxy groups -OCH3 is 1. The molecule has 5 nitrogen and oxygen atoms in total. The zero-order chi connectivity index (χ0) is 13.4. The van der Waals surface area contributed by atoms with Crippen LogP contribution >= 0.6 is 0 Å². The van der Waals surface area contributed by atoms with Gasteiger partial charge in [-0.15, -0.1) is 0 Å². The van der Waals surface area contributed by atoms with Gasteiger partial charge in [0, 0.05) is 13.2 Å². The van der Waals surface area contributed by atoms with Crippen molar-refractivity contribution in [3.8, 4) is 11.8 Å². The van der Waals surface area contributed by atoms with E-state index in [9.17, 15) is 4.79 Å². The predicted octanol–water partition coefficient (Wildman–Crippen LogP) is 1.09. The molecule has 96 valence electrons. The number of carbonyl (C=O) groups is 1. The summed E-state index contributed by atoms with van der Waals surface area (Å²) in [5, 5.41) is 11.4. The van der Waals surface area contributed by atoms with E-state index in [2.05, 4.69) is 5.32 Å². The maximum atomic E-state index is 11.5. The molecule has 0 radical (unpaired) electrons. The number of benzene rings is 1. The van der Waals surface area contributed by atoms with Gasteiger partial charge >= 0.3 is 0 Å². The Hall–Kier alpha value is -2.06. The number of hydrogen-bond donors (Lipinski definition) is 1. The first-order valence-corrected chi connectivity index (χ1v) is 5.57. The second-order valence-electron chi connectivity index (χ2n) is 3.85. The van der Waals surface area contributed by atoms with E-state index >= 15 is 0 Å². The number of nitrogens with zero attached hydrogens (tertiary/aromatic N) is 1. The van der Waals surface area contributed by atoms with Crippen LogP contribution in [-0.2, 0) is 9.53 Å². The molecular formula is C13H16N2O3. The average Bonchev–Trinajstić information content (AvgIpc) is 2.37. The van der Waals surface area contributed by atoms with Crippen LogP contribution in [0.15, 0.2) is 24.3 Å². The zero-order valence-corrected chi connectivity index (χ0v) is 10.5. The summed E-state index contributed by atoms with van der Waals surface area (Å²) >= 11 is 0. The Morgan fingerprint density at radius 1 is 1.56 bits per heavy atom. The molecule has 1 aromatic carbocycles. The van der Waals surface area contributed by atoms with Gasteiger partial charge in [0.25, 0.3) is 5.91 Å². The van der Waals surface area contributed by atoms with Gasteiger partial charge in [0.2, 0.25) is 0 Å². The van der Waals surface area contributed by atoms with Crippen LogP contribution in [0.3, 0.4) is 0 Å². The molecule has 0 spiro atoms. The molecule has 0 saturated heterocycles. The molecule has 0 aromatic heterocycles. The van der Waals surface area contributed by atoms with Gasteiger partial charge in [-0.2, -0.15) is 5.26 Å². The molecule has 1 aromatic rings. The summed E-state index contributed by atoms with van der Waals surface area (Å²) in [5.41, 5.74) is 0.501. The van der Waals surface area contributed by atoms with Crippen LogP contribution in [0.2, 0.25) is 0 Å². The van der Waals surface area contributed by atoms with Gasteiger partial charge in [0.05, 0.1) is 18.2 Å². The van der Waals surface area contributed by atoms with Crippen LogP contribution in [0.5, 0.6) is 5.75 Å². The zero-order valence-electron chi connectivity index (χ0n) is 10.5. The van der Waals surface area contributed by atoms with Crippen molar-refractivity contribution in [1.29, 1.82) is 5.26 Å². The van der Waals surface area contributed by atoms with E-state index in [1.165, 1.54) is 0 Å². The van der Waals surface area contributed by atoms with E-state index in [0.717, 1.165) is 0 Å². The highest BCUT2D eigenvalue weighted by atomic mass is 16.5. The van der Waals surface area contributed by atoms with Crippen LogP contribution < -0.4 is 10.1 Å². The quantitative estimate of drug-likeness (QED) is 0.818. The average molecular weight is 248 g/mol. The fraction of sp³-hybridized carbons (Fsp3) is 0.385. The van der Waals surface area contributed by atoms with E-state index in [1.54, 1.807) is 31.4 Å². The summed E-state index contributed by atoms with van der Waals surface area (Å²) < 4.78 is 10.2. The maximum Gasteiger partial charge on any atom is 0.258 e. The standard InChI is InChI=1S/C13H16N2O3/c1-10(8-17-2)15-13(16)9-18-12-5-3-4-11(6-12)7-14/h3-6,10H,8-9H2,1-2H3,(H,15,16)/t10-/m0/s1. The van der Waals surface area contributed by atoms with E-state index in [0.29, 0.717) is 17.9 Å². The topological polar surface area (TPSA) is 71.3 Å². The minimum Gasteiger partial charge on any atom is -0.484 e. The van der Waals surface area contributed by atoms with Gasteiger partial charge in [-0.1, -0.05) is 6.07 Å². The normalized spacial score (nSPS) is 11.4. The summed E-state index contributed by atoms with van der Waals surface area (Å²) in [6, 6.07) is 8.62. The molecule has 0 unspecified atom stereocenters. The Morgan fingerprint density at radius 2 is 2.33 bits per heavy atom. The van der Waals surface area contributed by atoms with Gasteiger partial charge < -0.3 is 14.8 Å². The molecule has 0 aliphatic rings. The molecular weight excluding hydrogens is 232 g/mol. The minimum absolute atomic E-state index is 0.0588. The van der Waals surface area contributed by atoms with Gasteiger partial charge in [-0.25, -0.2) is 0 Å². The van der Waals surface area contributed by atoms with Crippen LogP contribution in [0, 0.1) is 11.3 Å². The first kappa shape index (κ1) is 14.0. The third kappa shape index (κ3) is 4.85. The van der Waals surface area contributed by atoms with Crippen LogP contribution in [0.4, 0.5) is 0 Å². The van der Waals surface area contributed by atoms with Gasteiger partial charge in [0.15, 0.2) is 6.61 Å². The molecule has 1 atom stereocenters. The van der Waals surface area contributed by atoms with Crippen LogP contribution in [0.1, 0.15) is 12.5 Å². The second kappa shape index (κ2) is 7.30. The SMILES string of the molecule is COC[C@H](C)NC(=O)COc1cccc(C#N)c1. The lowest BCUT2D eigenvalue weighted by Gasteiger charge is -2.13. The number of amides is 1. The fourth-order valence-electron chi connectivity index (χ4n) is 1.41. The van der Waals surface area contributed by atoms with E-state index in [4.69, 9.17) is 14.7 Å². The molecule has 1 N–H and O–H groups in total. The molecule has 0 saturated carbocycles. The van der Waals surface area contributed by atoms with E-state index in [1.807, 2.05) is 13.0 Å². The second-order valence-corrected chi connectivity index (χ2v) is 3.85. The third-order valence-electron chi connectivity index (χ3n) is 2.16. The highest BCUT2D eigenvalue weighted by molar-refractivity contribution is 5.77. The minimum atomic E-state index is -0.220. The molecule has 18 heavy (non-hydrogen) atoms. The smallest absolute Gasteiger partial charge is 0.258 e. The van der Waals surface area contributed by atoms with Gasteiger partial charge in [-0.3, -0.25) is 4.79 Å². The molecule has 5 heteroatoms. The summed E-state index contributed by atoms with van der Waals surface area (Å²) in [7, 11) is 1.58. The number of ether oxygens (including phenoxy) is 2. The van der Waals surface area contributed by atoms with Crippen molar-refractivity contribution >= 4 is 5.91 Å². The molecule has 1 rings (SSSR count). The fourth-order valence-corrected chi connectivity index (χ4v) is 1.41. The monoisotopic (exact) mass is 248 g/mol. The first-order chi connectivity index (χ1) is 8.65. The Balaban J connectivity index is 2.40. The summed E-state index contributed by atoms with van der Waals surface area (Å²) in [6.45, 7) is 2.22. The number of carbonyl (C=O) groups excluding carboxylic acids is 1. The highest BCUT2D eigenvalue weighted by Crippen LogP contribution is 2.12. The van der Waals surface area contributed by atoms with E-state index in [-0.39, 0.29) is 18.6 Å². The third-order valence-corrected chi connectivity index (χ3v) is 2.16. The molecule has 0 aliphatic heterocycles. The molecule has 0 bridgehead atoms. The lowest BCUT2D eigenvalue weighted by atomic mass is 10.2. The number of rotatable bonds is 6. The summed E-state index contributed by atoms with van der Waals surface area (Å²) in [4.78, 5) is 11.5. The molecule has 0 fully saturated rings. The Kier molecular flexibility index (Phi) is 5.68. The maximum absolute atomic E-state index is 11.5. The number of nitriles is 1. The molecule has 0 aliphatic carbocycles. The Bertz CT molecular complexity index is 440.